The van der Waals surface area contributed by atoms with Gasteiger partial charge >= 0.3 is 0 Å². The molecule has 0 amide bonds. The highest BCUT2D eigenvalue weighted by Gasteiger charge is 2.14. The first kappa shape index (κ1) is 10.8. The zero-order chi connectivity index (χ0) is 9.84. The van der Waals surface area contributed by atoms with Gasteiger partial charge in [0.1, 0.15) is 0 Å². The highest BCUT2D eigenvalue weighted by Crippen LogP contribution is 2.34. The number of aliphatic hydroxyl groups is 1. The van der Waals surface area contributed by atoms with Crippen LogP contribution in [-0.4, -0.2) is 5.11 Å². The molecule has 0 saturated carbocycles. The molecule has 0 aliphatic rings. The zero-order valence-electron chi connectivity index (χ0n) is 7.59. The second-order valence-electron chi connectivity index (χ2n) is 2.98. The van der Waals surface area contributed by atoms with Crippen molar-refractivity contribution in [1.29, 1.82) is 0 Å². The van der Waals surface area contributed by atoms with Gasteiger partial charge in [0, 0.05) is 0 Å². The Bertz CT molecular complexity index is 293. The van der Waals surface area contributed by atoms with Crippen molar-refractivity contribution >= 4 is 22.9 Å². The molecule has 0 saturated heterocycles. The average molecular weight is 217 g/mol. The normalized spacial score (nSPS) is 12.8. The van der Waals surface area contributed by atoms with Crippen molar-refractivity contribution in [3.8, 4) is 0 Å². The van der Waals surface area contributed by atoms with Gasteiger partial charge in [0.2, 0.25) is 0 Å². The predicted octanol–water partition coefficient (Wildman–Crippen LogP) is 3.71. The van der Waals surface area contributed by atoms with E-state index in [0.29, 0.717) is 11.4 Å². The SMILES string of the molecule is C=CCCC(O)c1scc(C)c1Cl. The lowest BCUT2D eigenvalue weighted by Crippen LogP contribution is -1.94. The van der Waals surface area contributed by atoms with E-state index in [9.17, 15) is 5.11 Å². The van der Waals surface area contributed by atoms with Crippen molar-refractivity contribution in [1.82, 2.24) is 0 Å². The Balaban J connectivity index is 2.70. The molecule has 3 heteroatoms. The molecular weight excluding hydrogens is 204 g/mol. The molecule has 0 aliphatic heterocycles. The molecule has 0 aromatic carbocycles. The lowest BCUT2D eigenvalue weighted by atomic mass is 10.1. The number of rotatable bonds is 4. The van der Waals surface area contributed by atoms with Crippen LogP contribution < -0.4 is 0 Å². The van der Waals surface area contributed by atoms with Gasteiger partial charge < -0.3 is 5.11 Å². The van der Waals surface area contributed by atoms with Crippen molar-refractivity contribution in [3.05, 3.63) is 33.5 Å². The summed E-state index contributed by atoms with van der Waals surface area (Å²) in [5.41, 5.74) is 1.04. The highest BCUT2D eigenvalue weighted by molar-refractivity contribution is 7.10. The molecule has 0 spiro atoms. The van der Waals surface area contributed by atoms with Crippen LogP contribution >= 0.6 is 22.9 Å². The Labute approximate surface area is 87.7 Å². The smallest absolute Gasteiger partial charge is 0.0900 e. The molecule has 1 aromatic heterocycles. The second kappa shape index (κ2) is 4.80. The predicted molar refractivity (Wildman–Crippen MR) is 58.5 cm³/mol. The summed E-state index contributed by atoms with van der Waals surface area (Å²) >= 11 is 7.53. The maximum Gasteiger partial charge on any atom is 0.0900 e. The van der Waals surface area contributed by atoms with Crippen molar-refractivity contribution < 1.29 is 5.11 Å². The molecule has 0 fully saturated rings. The van der Waals surface area contributed by atoms with E-state index in [4.69, 9.17) is 11.6 Å². The van der Waals surface area contributed by atoms with Crippen LogP contribution in [0.15, 0.2) is 18.0 Å². The van der Waals surface area contributed by atoms with Crippen LogP contribution in [0.5, 0.6) is 0 Å². The Kier molecular flexibility index (Phi) is 3.97. The van der Waals surface area contributed by atoms with Crippen LogP contribution in [0.4, 0.5) is 0 Å². The average Bonchev–Trinajstić information content (AvgIpc) is 2.44. The van der Waals surface area contributed by atoms with Gasteiger partial charge in [-0.05, 0) is 30.7 Å². The van der Waals surface area contributed by atoms with Gasteiger partial charge in [0.05, 0.1) is 16.0 Å². The van der Waals surface area contributed by atoms with Crippen molar-refractivity contribution in [2.24, 2.45) is 0 Å². The monoisotopic (exact) mass is 216 g/mol. The zero-order valence-corrected chi connectivity index (χ0v) is 9.16. The largest absolute Gasteiger partial charge is 0.388 e. The molecule has 1 aromatic rings. The first-order valence-electron chi connectivity index (χ1n) is 4.19. The third-order valence-corrected chi connectivity index (χ3v) is 3.69. The number of hydrogen-bond donors (Lipinski definition) is 1. The first-order valence-corrected chi connectivity index (χ1v) is 5.45. The van der Waals surface area contributed by atoms with Gasteiger partial charge in [-0.25, -0.2) is 0 Å². The van der Waals surface area contributed by atoms with Gasteiger partial charge in [0.25, 0.3) is 0 Å². The fraction of sp³-hybridized carbons (Fsp3) is 0.400. The summed E-state index contributed by atoms with van der Waals surface area (Å²) in [6.07, 6.45) is 2.87. The summed E-state index contributed by atoms with van der Waals surface area (Å²) in [7, 11) is 0. The quantitative estimate of drug-likeness (QED) is 0.761. The van der Waals surface area contributed by atoms with Crippen molar-refractivity contribution in [2.75, 3.05) is 0 Å². The van der Waals surface area contributed by atoms with Crippen LogP contribution in [0.1, 0.15) is 29.4 Å². The minimum atomic E-state index is -0.441. The molecule has 0 radical (unpaired) electrons. The summed E-state index contributed by atoms with van der Waals surface area (Å²) < 4.78 is 0. The standard InChI is InChI=1S/C10H13ClOS/c1-3-4-5-8(12)10-9(11)7(2)6-13-10/h3,6,8,12H,1,4-5H2,2H3. The Morgan fingerprint density at radius 1 is 1.77 bits per heavy atom. The minimum absolute atomic E-state index is 0.441. The van der Waals surface area contributed by atoms with Crippen molar-refractivity contribution in [3.63, 3.8) is 0 Å². The van der Waals surface area contributed by atoms with E-state index >= 15 is 0 Å². The molecule has 13 heavy (non-hydrogen) atoms. The number of aryl methyl sites for hydroxylation is 1. The van der Waals surface area contributed by atoms with Gasteiger partial charge in [-0.2, -0.15) is 0 Å². The highest BCUT2D eigenvalue weighted by atomic mass is 35.5. The summed E-state index contributed by atoms with van der Waals surface area (Å²) in [5, 5.41) is 12.4. The lowest BCUT2D eigenvalue weighted by Gasteiger charge is -2.07. The number of aliphatic hydroxyl groups excluding tert-OH is 1. The molecule has 1 rings (SSSR count). The molecule has 1 unspecified atom stereocenters. The van der Waals surface area contributed by atoms with E-state index < -0.39 is 6.10 Å². The summed E-state index contributed by atoms with van der Waals surface area (Å²) in [6, 6.07) is 0. The van der Waals surface area contributed by atoms with Crippen LogP contribution in [0.25, 0.3) is 0 Å². The van der Waals surface area contributed by atoms with Gasteiger partial charge in [-0.15, -0.1) is 17.9 Å². The molecule has 1 nitrogen and oxygen atoms in total. The summed E-state index contributed by atoms with van der Waals surface area (Å²) in [6.45, 7) is 5.56. The number of allylic oxidation sites excluding steroid dienone is 1. The minimum Gasteiger partial charge on any atom is -0.388 e. The second-order valence-corrected chi connectivity index (χ2v) is 4.27. The van der Waals surface area contributed by atoms with Crippen molar-refractivity contribution in [2.45, 2.75) is 25.9 Å². The van der Waals surface area contributed by atoms with E-state index in [-0.39, 0.29) is 0 Å². The maximum atomic E-state index is 9.72. The summed E-state index contributed by atoms with van der Waals surface area (Å²) in [4.78, 5) is 0.876. The Hall–Kier alpha value is -0.310. The fourth-order valence-corrected chi connectivity index (χ4v) is 2.42. The van der Waals surface area contributed by atoms with E-state index in [1.165, 1.54) is 11.3 Å². The van der Waals surface area contributed by atoms with Gasteiger partial charge in [0.15, 0.2) is 0 Å². The molecule has 72 valence electrons. The number of thiophene rings is 1. The Morgan fingerprint density at radius 3 is 2.92 bits per heavy atom. The topological polar surface area (TPSA) is 20.2 Å². The van der Waals surface area contributed by atoms with Crippen LogP contribution in [0.3, 0.4) is 0 Å². The van der Waals surface area contributed by atoms with Crippen LogP contribution in [-0.2, 0) is 0 Å². The van der Waals surface area contributed by atoms with E-state index in [1.54, 1.807) is 6.08 Å². The Morgan fingerprint density at radius 2 is 2.46 bits per heavy atom. The molecule has 0 bridgehead atoms. The van der Waals surface area contributed by atoms with Gasteiger partial charge in [-0.3, -0.25) is 0 Å². The molecule has 0 aliphatic carbocycles. The third kappa shape index (κ3) is 2.56. The molecular formula is C10H13ClOS. The molecule has 1 atom stereocenters. The number of hydrogen-bond acceptors (Lipinski definition) is 2. The first-order chi connectivity index (χ1) is 6.16. The fourth-order valence-electron chi connectivity index (χ4n) is 1.08. The van der Waals surface area contributed by atoms with Crippen LogP contribution in [0, 0.1) is 6.92 Å². The number of halogens is 1. The van der Waals surface area contributed by atoms with E-state index in [0.717, 1.165) is 16.9 Å². The van der Waals surface area contributed by atoms with Gasteiger partial charge in [-0.1, -0.05) is 17.7 Å². The van der Waals surface area contributed by atoms with E-state index in [2.05, 4.69) is 6.58 Å². The maximum absolute atomic E-state index is 9.72. The lowest BCUT2D eigenvalue weighted by molar-refractivity contribution is 0.172. The van der Waals surface area contributed by atoms with E-state index in [1.807, 2.05) is 12.3 Å². The van der Waals surface area contributed by atoms with Crippen LogP contribution in [0.2, 0.25) is 5.02 Å². The molecule has 1 heterocycles. The molecule has 1 N–H and O–H groups in total. The summed E-state index contributed by atoms with van der Waals surface area (Å²) in [5.74, 6) is 0. The third-order valence-electron chi connectivity index (χ3n) is 1.87.